The van der Waals surface area contributed by atoms with Crippen LogP contribution in [0.2, 0.25) is 0 Å². The summed E-state index contributed by atoms with van der Waals surface area (Å²) in [5.74, 6) is 0. The molecule has 0 heterocycles. The van der Waals surface area contributed by atoms with Gasteiger partial charge in [-0.1, -0.05) is 42.0 Å². The van der Waals surface area contributed by atoms with Gasteiger partial charge in [0.05, 0.1) is 0 Å². The van der Waals surface area contributed by atoms with Gasteiger partial charge < -0.3 is 5.73 Å². The second-order valence-electron chi connectivity index (χ2n) is 3.40. The Labute approximate surface area is 91.6 Å². The molecule has 2 aromatic rings. The van der Waals surface area contributed by atoms with Gasteiger partial charge in [-0.25, -0.2) is 0 Å². The lowest BCUT2D eigenvalue weighted by Gasteiger charge is -1.90. The molecule has 0 unspecified atom stereocenters. The molecule has 0 aliphatic carbocycles. The Balaban J connectivity index is 0.000000151. The number of nitrogens with two attached hydrogens (primary N) is 1. The zero-order chi connectivity index (χ0) is 11.1. The van der Waals surface area contributed by atoms with Gasteiger partial charge in [-0.05, 0) is 31.5 Å². The average Bonchev–Trinajstić information content (AvgIpc) is 2.19. The highest BCUT2D eigenvalue weighted by molar-refractivity contribution is 5.38. The summed E-state index contributed by atoms with van der Waals surface area (Å²) in [6, 6.07) is 19.3. The van der Waals surface area contributed by atoms with Gasteiger partial charge in [0.2, 0.25) is 0 Å². The summed E-state index contributed by atoms with van der Waals surface area (Å²) >= 11 is 0. The molecule has 0 saturated heterocycles. The lowest BCUT2D eigenvalue weighted by molar-refractivity contribution is 1.47. The molecular weight excluding hydrogens is 182 g/mol. The summed E-state index contributed by atoms with van der Waals surface area (Å²) < 4.78 is 0. The summed E-state index contributed by atoms with van der Waals surface area (Å²) in [5, 5.41) is 0. The van der Waals surface area contributed by atoms with E-state index in [2.05, 4.69) is 19.1 Å². The highest BCUT2D eigenvalue weighted by Crippen LogP contribution is 2.02. The molecule has 2 aromatic carbocycles. The van der Waals surface area contributed by atoms with E-state index in [4.69, 9.17) is 5.73 Å². The van der Waals surface area contributed by atoms with Crippen molar-refractivity contribution in [1.29, 1.82) is 0 Å². The lowest BCUT2D eigenvalue weighted by Crippen LogP contribution is -1.83. The van der Waals surface area contributed by atoms with Gasteiger partial charge in [-0.15, -0.1) is 0 Å². The summed E-state index contributed by atoms with van der Waals surface area (Å²) in [7, 11) is 0. The van der Waals surface area contributed by atoms with E-state index < -0.39 is 0 Å². The number of anilines is 1. The summed E-state index contributed by atoms with van der Waals surface area (Å²) in [5.41, 5.74) is 8.59. The second kappa shape index (κ2) is 5.86. The van der Waals surface area contributed by atoms with Crippen LogP contribution in [-0.2, 0) is 0 Å². The van der Waals surface area contributed by atoms with Crippen LogP contribution in [0.1, 0.15) is 11.1 Å². The predicted molar refractivity (Wildman–Crippen MR) is 64.4 cm³/mol. The Morgan fingerprint density at radius 2 is 1.53 bits per heavy atom. The monoisotopic (exact) mass is 197 g/mol. The molecule has 0 aliphatic heterocycles. The minimum absolute atomic E-state index is 0.713. The minimum Gasteiger partial charge on any atom is -0.398 e. The highest BCUT2D eigenvalue weighted by Gasteiger charge is 1.81. The zero-order valence-corrected chi connectivity index (χ0v) is 9.12. The van der Waals surface area contributed by atoms with E-state index in [1.54, 1.807) is 0 Å². The zero-order valence-electron chi connectivity index (χ0n) is 9.12. The van der Waals surface area contributed by atoms with Gasteiger partial charge in [0.25, 0.3) is 0 Å². The number of hydrogen-bond donors (Lipinski definition) is 1. The van der Waals surface area contributed by atoms with E-state index in [1.165, 1.54) is 11.1 Å². The number of rotatable bonds is 0. The van der Waals surface area contributed by atoms with Gasteiger partial charge in [0.15, 0.2) is 0 Å². The molecular formula is C14H15N. The molecule has 0 bridgehead atoms. The molecule has 1 heteroatoms. The minimum atomic E-state index is 0.713. The maximum atomic E-state index is 5.40. The van der Waals surface area contributed by atoms with Gasteiger partial charge >= 0.3 is 0 Å². The van der Waals surface area contributed by atoms with Crippen molar-refractivity contribution in [2.24, 2.45) is 0 Å². The van der Waals surface area contributed by atoms with Crippen molar-refractivity contribution in [3.63, 3.8) is 0 Å². The first kappa shape index (κ1) is 11.3. The molecule has 2 N–H and O–H groups in total. The Kier molecular flexibility index (Phi) is 4.42. The number of benzene rings is 2. The standard InChI is InChI=1S/C7H8N.C7H7/c1-6-3-2-4-7(8)5-6;1-7-5-3-2-4-6-7/h2-3,5H,8H2,1H3;3-6H,1H3. The molecule has 2 rings (SSSR count). The van der Waals surface area contributed by atoms with Crippen molar-refractivity contribution >= 4 is 5.69 Å². The van der Waals surface area contributed by atoms with Crippen molar-refractivity contribution < 1.29 is 0 Å². The van der Waals surface area contributed by atoms with Gasteiger partial charge in [-0.3, -0.25) is 0 Å². The first-order valence-corrected chi connectivity index (χ1v) is 4.85. The third kappa shape index (κ3) is 4.87. The molecule has 2 radical (unpaired) electrons. The first-order chi connectivity index (χ1) is 7.18. The highest BCUT2D eigenvalue weighted by atomic mass is 14.5. The number of aryl methyl sites for hydroxylation is 2. The molecule has 0 spiro atoms. The number of hydrogen-bond acceptors (Lipinski definition) is 1. The van der Waals surface area contributed by atoms with Crippen LogP contribution in [0.15, 0.2) is 42.5 Å². The Morgan fingerprint density at radius 1 is 0.933 bits per heavy atom. The maximum absolute atomic E-state index is 5.40. The summed E-state index contributed by atoms with van der Waals surface area (Å²) in [4.78, 5) is 0. The van der Waals surface area contributed by atoms with Crippen molar-refractivity contribution in [2.45, 2.75) is 13.8 Å². The van der Waals surface area contributed by atoms with Crippen molar-refractivity contribution in [2.75, 3.05) is 5.73 Å². The predicted octanol–water partition coefficient (Wildman–Crippen LogP) is 3.17. The van der Waals surface area contributed by atoms with Crippen molar-refractivity contribution in [3.05, 3.63) is 65.7 Å². The van der Waals surface area contributed by atoms with E-state index in [1.807, 2.05) is 49.4 Å². The normalized spacial score (nSPS) is 8.93. The molecule has 0 aromatic heterocycles. The molecule has 0 atom stereocenters. The molecule has 76 valence electrons. The SMILES string of the molecule is Cc1cc[c]c(N)c1.Cc1cc[c]cc1. The quantitative estimate of drug-likeness (QED) is 0.645. The third-order valence-corrected chi connectivity index (χ3v) is 1.86. The Morgan fingerprint density at radius 3 is 1.87 bits per heavy atom. The molecule has 0 saturated carbocycles. The van der Waals surface area contributed by atoms with Crippen LogP contribution < -0.4 is 5.73 Å². The number of nitrogen functional groups attached to an aromatic ring is 1. The second-order valence-corrected chi connectivity index (χ2v) is 3.40. The van der Waals surface area contributed by atoms with Gasteiger partial charge in [-0.2, -0.15) is 0 Å². The van der Waals surface area contributed by atoms with E-state index in [9.17, 15) is 0 Å². The van der Waals surface area contributed by atoms with Gasteiger partial charge in [0, 0.05) is 11.8 Å². The lowest BCUT2D eigenvalue weighted by atomic mass is 10.2. The fraction of sp³-hybridized carbons (Fsp3) is 0.143. The smallest absolute Gasteiger partial charge is 0.0397 e. The van der Waals surface area contributed by atoms with Crippen LogP contribution in [0.4, 0.5) is 5.69 Å². The largest absolute Gasteiger partial charge is 0.398 e. The molecule has 0 fully saturated rings. The third-order valence-electron chi connectivity index (χ3n) is 1.86. The molecule has 1 nitrogen and oxygen atoms in total. The van der Waals surface area contributed by atoms with Crippen LogP contribution in [0, 0.1) is 26.0 Å². The van der Waals surface area contributed by atoms with Crippen molar-refractivity contribution in [3.8, 4) is 0 Å². The van der Waals surface area contributed by atoms with Gasteiger partial charge in [0.1, 0.15) is 0 Å². The van der Waals surface area contributed by atoms with Crippen LogP contribution in [0.3, 0.4) is 0 Å². The fourth-order valence-corrected chi connectivity index (χ4v) is 1.07. The average molecular weight is 197 g/mol. The van der Waals surface area contributed by atoms with E-state index >= 15 is 0 Å². The van der Waals surface area contributed by atoms with Crippen LogP contribution >= 0.6 is 0 Å². The summed E-state index contributed by atoms with van der Waals surface area (Å²) in [6.07, 6.45) is 0. The van der Waals surface area contributed by atoms with Crippen LogP contribution in [0.25, 0.3) is 0 Å². The topological polar surface area (TPSA) is 26.0 Å². The Hall–Kier alpha value is -1.76. The molecule has 15 heavy (non-hydrogen) atoms. The Bertz CT molecular complexity index is 376. The summed E-state index contributed by atoms with van der Waals surface area (Å²) in [6.45, 7) is 4.07. The van der Waals surface area contributed by atoms with E-state index in [0.717, 1.165) is 0 Å². The van der Waals surface area contributed by atoms with E-state index in [0.29, 0.717) is 5.69 Å². The first-order valence-electron chi connectivity index (χ1n) is 4.85. The fourth-order valence-electron chi connectivity index (χ4n) is 1.07. The molecule has 0 amide bonds. The maximum Gasteiger partial charge on any atom is 0.0397 e. The van der Waals surface area contributed by atoms with Crippen LogP contribution in [0.5, 0.6) is 0 Å². The molecule has 0 aliphatic rings. The van der Waals surface area contributed by atoms with Crippen molar-refractivity contribution in [1.82, 2.24) is 0 Å². The van der Waals surface area contributed by atoms with E-state index in [-0.39, 0.29) is 0 Å². The van der Waals surface area contributed by atoms with Crippen LogP contribution in [-0.4, -0.2) is 0 Å².